The molecule has 1 unspecified atom stereocenters. The lowest BCUT2D eigenvalue weighted by Gasteiger charge is -2.26. The van der Waals surface area contributed by atoms with E-state index in [0.717, 1.165) is 5.56 Å². The third kappa shape index (κ3) is 5.08. The van der Waals surface area contributed by atoms with Gasteiger partial charge in [0.1, 0.15) is 11.5 Å². The fraction of sp³-hybridized carbons (Fsp3) is 0.207. The standard InChI is InChI=1S/C29H26ClNO6/c1-4-13-37-29(35)19-9-6-10-21(15-19)31-25(18-8-5-7-17(2)14-18)24(27(33)28(31)34)26(32)22-16-20(30)11-12-23(22)36-3/h5-12,14-16,25,32H,4,13H2,1-3H3/b26-24+. The first kappa shape index (κ1) is 26.0. The van der Waals surface area contributed by atoms with Crippen LogP contribution in [-0.2, 0) is 14.3 Å². The topological polar surface area (TPSA) is 93.1 Å². The molecular formula is C29H26ClNO6. The molecule has 0 bridgehead atoms. The minimum Gasteiger partial charge on any atom is -0.507 e. The van der Waals surface area contributed by atoms with Gasteiger partial charge in [0.05, 0.1) is 36.5 Å². The van der Waals surface area contributed by atoms with Gasteiger partial charge < -0.3 is 14.6 Å². The van der Waals surface area contributed by atoms with E-state index < -0.39 is 29.5 Å². The van der Waals surface area contributed by atoms with E-state index in [1.54, 1.807) is 36.4 Å². The molecule has 37 heavy (non-hydrogen) atoms. The maximum atomic E-state index is 13.5. The zero-order chi connectivity index (χ0) is 26.7. The van der Waals surface area contributed by atoms with Crippen molar-refractivity contribution >= 4 is 40.7 Å². The molecule has 1 aliphatic rings. The average molecular weight is 520 g/mol. The zero-order valence-electron chi connectivity index (χ0n) is 20.7. The van der Waals surface area contributed by atoms with E-state index in [9.17, 15) is 19.5 Å². The summed E-state index contributed by atoms with van der Waals surface area (Å²) in [5, 5.41) is 11.7. The largest absolute Gasteiger partial charge is 0.507 e. The molecule has 1 saturated heterocycles. The van der Waals surface area contributed by atoms with Crippen molar-refractivity contribution in [2.75, 3.05) is 18.6 Å². The van der Waals surface area contributed by atoms with Crippen LogP contribution in [0.15, 0.2) is 72.3 Å². The summed E-state index contributed by atoms with van der Waals surface area (Å²) in [7, 11) is 1.43. The number of hydrogen-bond acceptors (Lipinski definition) is 6. The van der Waals surface area contributed by atoms with Gasteiger partial charge in [0.2, 0.25) is 0 Å². The summed E-state index contributed by atoms with van der Waals surface area (Å²) in [5.74, 6) is -2.36. The summed E-state index contributed by atoms with van der Waals surface area (Å²) in [6.07, 6.45) is 0.667. The number of aliphatic hydroxyl groups excluding tert-OH is 1. The van der Waals surface area contributed by atoms with E-state index in [2.05, 4.69) is 0 Å². The van der Waals surface area contributed by atoms with Gasteiger partial charge in [0.25, 0.3) is 11.7 Å². The number of esters is 1. The van der Waals surface area contributed by atoms with Gasteiger partial charge in [-0.3, -0.25) is 14.5 Å². The van der Waals surface area contributed by atoms with E-state index in [1.807, 2.05) is 32.0 Å². The molecule has 1 N–H and O–H groups in total. The van der Waals surface area contributed by atoms with E-state index >= 15 is 0 Å². The summed E-state index contributed by atoms with van der Waals surface area (Å²) in [4.78, 5) is 40.7. The number of aryl methyl sites for hydroxylation is 1. The van der Waals surface area contributed by atoms with Crippen LogP contribution in [0.4, 0.5) is 5.69 Å². The summed E-state index contributed by atoms with van der Waals surface area (Å²) in [5.41, 5.74) is 2.14. The number of rotatable bonds is 7. The molecule has 190 valence electrons. The molecule has 1 fully saturated rings. The van der Waals surface area contributed by atoms with Crippen molar-refractivity contribution in [3.63, 3.8) is 0 Å². The molecule has 1 heterocycles. The number of carbonyl (C=O) groups is 3. The lowest BCUT2D eigenvalue weighted by Crippen LogP contribution is -2.29. The summed E-state index contributed by atoms with van der Waals surface area (Å²) >= 11 is 6.18. The van der Waals surface area contributed by atoms with Crippen molar-refractivity contribution in [3.05, 3.63) is 99.6 Å². The van der Waals surface area contributed by atoms with Crippen molar-refractivity contribution in [1.82, 2.24) is 0 Å². The predicted molar refractivity (Wildman–Crippen MR) is 141 cm³/mol. The molecule has 3 aromatic carbocycles. The molecule has 1 amide bonds. The number of hydrogen-bond donors (Lipinski definition) is 1. The molecule has 1 aliphatic heterocycles. The number of nitrogens with zero attached hydrogens (tertiary/aromatic N) is 1. The van der Waals surface area contributed by atoms with Crippen molar-refractivity contribution in [2.24, 2.45) is 0 Å². The number of carbonyl (C=O) groups excluding carboxylic acids is 3. The van der Waals surface area contributed by atoms with Crippen LogP contribution in [-0.4, -0.2) is 36.5 Å². The third-order valence-corrected chi connectivity index (χ3v) is 6.25. The molecule has 1 atom stereocenters. The van der Waals surface area contributed by atoms with Gasteiger partial charge in [0, 0.05) is 10.7 Å². The Hall–Kier alpha value is -4.10. The highest BCUT2D eigenvalue weighted by atomic mass is 35.5. The van der Waals surface area contributed by atoms with Crippen LogP contribution in [0.5, 0.6) is 5.75 Å². The molecule has 4 rings (SSSR count). The highest BCUT2D eigenvalue weighted by Crippen LogP contribution is 2.44. The Balaban J connectivity index is 1.93. The first-order chi connectivity index (χ1) is 17.8. The highest BCUT2D eigenvalue weighted by molar-refractivity contribution is 6.51. The van der Waals surface area contributed by atoms with Crippen molar-refractivity contribution in [1.29, 1.82) is 0 Å². The minimum absolute atomic E-state index is 0.116. The number of ketones is 1. The van der Waals surface area contributed by atoms with Crippen LogP contribution in [0.25, 0.3) is 5.76 Å². The number of methoxy groups -OCH3 is 1. The first-order valence-electron chi connectivity index (χ1n) is 11.8. The number of ether oxygens (including phenoxy) is 2. The quantitative estimate of drug-likeness (QED) is 0.182. The normalized spacial score (nSPS) is 16.6. The second kappa shape index (κ2) is 10.9. The molecule has 3 aromatic rings. The van der Waals surface area contributed by atoms with Crippen molar-refractivity contribution in [2.45, 2.75) is 26.3 Å². The van der Waals surface area contributed by atoms with E-state index in [0.29, 0.717) is 22.7 Å². The van der Waals surface area contributed by atoms with Crippen LogP contribution in [0.2, 0.25) is 5.02 Å². The number of Topliss-reactive ketones (excluding diaryl/α,β-unsaturated/α-hetero) is 1. The smallest absolute Gasteiger partial charge is 0.338 e. The number of amides is 1. The Kier molecular flexibility index (Phi) is 7.64. The van der Waals surface area contributed by atoms with Gasteiger partial charge in [-0.1, -0.05) is 54.4 Å². The zero-order valence-corrected chi connectivity index (χ0v) is 21.4. The Morgan fingerprint density at radius 2 is 1.81 bits per heavy atom. The Morgan fingerprint density at radius 3 is 2.51 bits per heavy atom. The molecule has 0 radical (unpaired) electrons. The second-order valence-corrected chi connectivity index (χ2v) is 9.05. The lowest BCUT2D eigenvalue weighted by atomic mass is 9.94. The SMILES string of the molecule is CCCOC(=O)c1cccc(N2C(=O)C(=O)/C(=C(/O)c3cc(Cl)ccc3OC)C2c2cccc(C)c2)c1. The van der Waals surface area contributed by atoms with E-state index in [-0.39, 0.29) is 29.1 Å². The van der Waals surface area contributed by atoms with Gasteiger partial charge in [-0.2, -0.15) is 0 Å². The molecule has 0 saturated carbocycles. The van der Waals surface area contributed by atoms with Gasteiger partial charge in [-0.05, 0) is 55.3 Å². The number of benzene rings is 3. The number of halogens is 1. The van der Waals surface area contributed by atoms with Gasteiger partial charge >= 0.3 is 5.97 Å². The lowest BCUT2D eigenvalue weighted by molar-refractivity contribution is -0.132. The maximum Gasteiger partial charge on any atom is 0.338 e. The Morgan fingerprint density at radius 1 is 1.05 bits per heavy atom. The summed E-state index contributed by atoms with van der Waals surface area (Å²) in [6, 6.07) is 17.3. The molecule has 8 heteroatoms. The van der Waals surface area contributed by atoms with Crippen LogP contribution >= 0.6 is 11.6 Å². The Labute approximate surface area is 219 Å². The summed E-state index contributed by atoms with van der Waals surface area (Å²) in [6.45, 7) is 4.04. The van der Waals surface area contributed by atoms with E-state index in [4.69, 9.17) is 21.1 Å². The fourth-order valence-electron chi connectivity index (χ4n) is 4.33. The number of anilines is 1. The second-order valence-electron chi connectivity index (χ2n) is 8.61. The summed E-state index contributed by atoms with van der Waals surface area (Å²) < 4.78 is 10.6. The molecule has 7 nitrogen and oxygen atoms in total. The average Bonchev–Trinajstić information content (AvgIpc) is 3.17. The van der Waals surface area contributed by atoms with Crippen molar-refractivity contribution in [3.8, 4) is 5.75 Å². The van der Waals surface area contributed by atoms with Crippen LogP contribution in [0.3, 0.4) is 0 Å². The molecule has 0 spiro atoms. The minimum atomic E-state index is -0.967. The van der Waals surface area contributed by atoms with Gasteiger partial charge in [-0.25, -0.2) is 4.79 Å². The van der Waals surface area contributed by atoms with Crippen LogP contribution in [0, 0.1) is 6.92 Å². The highest BCUT2D eigenvalue weighted by Gasteiger charge is 2.47. The van der Waals surface area contributed by atoms with Crippen molar-refractivity contribution < 1.29 is 29.0 Å². The predicted octanol–water partition coefficient (Wildman–Crippen LogP) is 5.85. The maximum absolute atomic E-state index is 13.5. The molecular weight excluding hydrogens is 494 g/mol. The van der Waals surface area contributed by atoms with Gasteiger partial charge in [0.15, 0.2) is 0 Å². The molecule has 0 aliphatic carbocycles. The Bertz CT molecular complexity index is 1410. The van der Waals surface area contributed by atoms with Crippen LogP contribution < -0.4 is 9.64 Å². The monoisotopic (exact) mass is 519 g/mol. The van der Waals surface area contributed by atoms with Crippen LogP contribution in [0.1, 0.15) is 46.4 Å². The van der Waals surface area contributed by atoms with E-state index in [1.165, 1.54) is 24.1 Å². The van der Waals surface area contributed by atoms with Gasteiger partial charge in [-0.15, -0.1) is 0 Å². The number of aliphatic hydroxyl groups is 1. The molecule has 0 aromatic heterocycles. The fourth-order valence-corrected chi connectivity index (χ4v) is 4.50. The third-order valence-electron chi connectivity index (χ3n) is 6.02. The first-order valence-corrected chi connectivity index (χ1v) is 12.1.